The van der Waals surface area contributed by atoms with Crippen molar-refractivity contribution in [2.45, 2.75) is 51.9 Å². The number of rotatable bonds is 7. The van der Waals surface area contributed by atoms with Crippen LogP contribution in [0.3, 0.4) is 0 Å². The number of aliphatic hydroxyl groups is 1. The Morgan fingerprint density at radius 2 is 1.71 bits per heavy atom. The molecule has 3 nitrogen and oxygen atoms in total. The first-order valence-electron chi connectivity index (χ1n) is 5.19. The molecule has 0 spiro atoms. The average Bonchev–Trinajstić information content (AvgIpc) is 2.11. The molecule has 1 N–H and O–H groups in total. The van der Waals surface area contributed by atoms with Crippen LogP contribution in [0.15, 0.2) is 0 Å². The molecule has 86 valence electrons. The van der Waals surface area contributed by atoms with Crippen molar-refractivity contribution in [3.63, 3.8) is 0 Å². The Hall–Kier alpha value is -0.120. The highest BCUT2D eigenvalue weighted by Gasteiger charge is 2.25. The van der Waals surface area contributed by atoms with E-state index in [1.165, 1.54) is 0 Å². The summed E-state index contributed by atoms with van der Waals surface area (Å²) in [6, 6.07) is 0. The van der Waals surface area contributed by atoms with Crippen molar-refractivity contribution in [3.8, 4) is 0 Å². The fraction of sp³-hybridized carbons (Fsp3) is 1.00. The lowest BCUT2D eigenvalue weighted by Gasteiger charge is -2.27. The molecule has 0 aromatic heterocycles. The molecule has 1 atom stereocenters. The van der Waals surface area contributed by atoms with E-state index in [0.717, 1.165) is 12.8 Å². The Balaban J connectivity index is 3.91. The van der Waals surface area contributed by atoms with Gasteiger partial charge in [0.15, 0.2) is 6.29 Å². The van der Waals surface area contributed by atoms with E-state index >= 15 is 0 Å². The molecule has 0 saturated heterocycles. The molecule has 1 unspecified atom stereocenters. The monoisotopic (exact) mass is 204 g/mol. The van der Waals surface area contributed by atoms with Gasteiger partial charge >= 0.3 is 0 Å². The van der Waals surface area contributed by atoms with Gasteiger partial charge in [0.2, 0.25) is 0 Å². The number of ether oxygens (including phenoxy) is 2. The van der Waals surface area contributed by atoms with E-state index in [-0.39, 0.29) is 6.29 Å². The van der Waals surface area contributed by atoms with Crippen LogP contribution in [0.1, 0.15) is 40.0 Å². The van der Waals surface area contributed by atoms with E-state index in [1.54, 1.807) is 14.2 Å². The topological polar surface area (TPSA) is 38.7 Å². The van der Waals surface area contributed by atoms with Crippen molar-refractivity contribution in [2.75, 3.05) is 14.2 Å². The molecule has 0 aliphatic rings. The summed E-state index contributed by atoms with van der Waals surface area (Å²) in [5, 5.41) is 10.0. The molecular weight excluding hydrogens is 180 g/mol. The SMILES string of the molecule is COC(CC(C)(O)CCC(C)C)OC. The number of methoxy groups -OCH3 is 2. The van der Waals surface area contributed by atoms with Gasteiger partial charge in [0, 0.05) is 20.6 Å². The molecule has 0 bridgehead atoms. The van der Waals surface area contributed by atoms with E-state index < -0.39 is 5.60 Å². The summed E-state index contributed by atoms with van der Waals surface area (Å²) in [6.07, 6.45) is 2.02. The highest BCUT2D eigenvalue weighted by Crippen LogP contribution is 2.22. The van der Waals surface area contributed by atoms with Crippen LogP contribution in [0.4, 0.5) is 0 Å². The molecule has 0 aromatic rings. The Morgan fingerprint density at radius 1 is 1.21 bits per heavy atom. The normalized spacial score (nSPS) is 16.3. The van der Waals surface area contributed by atoms with Gasteiger partial charge in [-0.1, -0.05) is 13.8 Å². The van der Waals surface area contributed by atoms with Crippen molar-refractivity contribution in [2.24, 2.45) is 5.92 Å². The van der Waals surface area contributed by atoms with Crippen LogP contribution >= 0.6 is 0 Å². The summed E-state index contributed by atoms with van der Waals surface area (Å²) in [7, 11) is 3.18. The fourth-order valence-corrected chi connectivity index (χ4v) is 1.32. The third kappa shape index (κ3) is 6.35. The first-order chi connectivity index (χ1) is 6.41. The van der Waals surface area contributed by atoms with Crippen molar-refractivity contribution < 1.29 is 14.6 Å². The number of hydrogen-bond donors (Lipinski definition) is 1. The Kier molecular flexibility index (Phi) is 6.33. The molecule has 0 heterocycles. The predicted molar refractivity (Wildman–Crippen MR) is 57.1 cm³/mol. The summed E-state index contributed by atoms with van der Waals surface area (Å²) < 4.78 is 10.1. The minimum atomic E-state index is -0.693. The van der Waals surface area contributed by atoms with Gasteiger partial charge in [-0.05, 0) is 25.7 Å². The molecule has 0 saturated carbocycles. The lowest BCUT2D eigenvalue weighted by molar-refractivity contribution is -0.141. The molecule has 0 fully saturated rings. The van der Waals surface area contributed by atoms with E-state index in [4.69, 9.17) is 9.47 Å². The second kappa shape index (κ2) is 6.38. The second-order valence-electron chi connectivity index (χ2n) is 4.53. The third-order valence-electron chi connectivity index (χ3n) is 2.39. The first-order valence-corrected chi connectivity index (χ1v) is 5.19. The van der Waals surface area contributed by atoms with E-state index in [2.05, 4.69) is 13.8 Å². The van der Waals surface area contributed by atoms with Crippen molar-refractivity contribution in [3.05, 3.63) is 0 Å². The Bertz CT molecular complexity index is 139. The minimum Gasteiger partial charge on any atom is -0.390 e. The van der Waals surface area contributed by atoms with Crippen molar-refractivity contribution in [1.82, 2.24) is 0 Å². The summed E-state index contributed by atoms with van der Waals surface area (Å²) >= 11 is 0. The molecule has 3 heteroatoms. The lowest BCUT2D eigenvalue weighted by atomic mass is 9.92. The van der Waals surface area contributed by atoms with Crippen LogP contribution in [0.25, 0.3) is 0 Å². The molecule has 14 heavy (non-hydrogen) atoms. The first kappa shape index (κ1) is 13.9. The maximum Gasteiger partial charge on any atom is 0.159 e. The maximum absolute atomic E-state index is 10.0. The predicted octanol–water partition coefficient (Wildman–Crippen LogP) is 2.18. The summed E-state index contributed by atoms with van der Waals surface area (Å²) in [5.41, 5.74) is -0.693. The van der Waals surface area contributed by atoms with Gasteiger partial charge in [-0.25, -0.2) is 0 Å². The van der Waals surface area contributed by atoms with Gasteiger partial charge in [0.1, 0.15) is 0 Å². The van der Waals surface area contributed by atoms with Crippen LogP contribution in [-0.4, -0.2) is 31.2 Å². The average molecular weight is 204 g/mol. The van der Waals surface area contributed by atoms with E-state index in [0.29, 0.717) is 12.3 Å². The zero-order valence-corrected chi connectivity index (χ0v) is 10.0. The smallest absolute Gasteiger partial charge is 0.159 e. The van der Waals surface area contributed by atoms with Gasteiger partial charge in [0.05, 0.1) is 5.60 Å². The van der Waals surface area contributed by atoms with E-state index in [9.17, 15) is 5.11 Å². The van der Waals surface area contributed by atoms with Gasteiger partial charge < -0.3 is 14.6 Å². The van der Waals surface area contributed by atoms with Gasteiger partial charge in [-0.15, -0.1) is 0 Å². The quantitative estimate of drug-likeness (QED) is 0.646. The van der Waals surface area contributed by atoms with Crippen LogP contribution in [0, 0.1) is 5.92 Å². The van der Waals surface area contributed by atoms with Crippen LogP contribution in [0.2, 0.25) is 0 Å². The van der Waals surface area contributed by atoms with Crippen LogP contribution in [0.5, 0.6) is 0 Å². The van der Waals surface area contributed by atoms with Crippen LogP contribution in [-0.2, 0) is 9.47 Å². The fourth-order valence-electron chi connectivity index (χ4n) is 1.32. The molecule has 0 aliphatic heterocycles. The molecule has 0 aliphatic carbocycles. The zero-order valence-electron chi connectivity index (χ0n) is 10.0. The second-order valence-corrected chi connectivity index (χ2v) is 4.53. The molecule has 0 radical (unpaired) electrons. The lowest BCUT2D eigenvalue weighted by Crippen LogP contribution is -2.32. The van der Waals surface area contributed by atoms with E-state index in [1.807, 2.05) is 6.92 Å². The highest BCUT2D eigenvalue weighted by molar-refractivity contribution is 4.74. The van der Waals surface area contributed by atoms with Crippen molar-refractivity contribution >= 4 is 0 Å². The van der Waals surface area contributed by atoms with Gasteiger partial charge in [-0.2, -0.15) is 0 Å². The third-order valence-corrected chi connectivity index (χ3v) is 2.39. The Labute approximate surface area is 87.4 Å². The molecule has 0 rings (SSSR count). The Morgan fingerprint density at radius 3 is 2.07 bits per heavy atom. The molecule has 0 amide bonds. The molecule has 0 aromatic carbocycles. The largest absolute Gasteiger partial charge is 0.390 e. The maximum atomic E-state index is 10.0. The standard InChI is InChI=1S/C11H24O3/c1-9(2)6-7-11(3,12)8-10(13-4)14-5/h9-10,12H,6-8H2,1-5H3. The summed E-state index contributed by atoms with van der Waals surface area (Å²) in [4.78, 5) is 0. The minimum absolute atomic E-state index is 0.308. The summed E-state index contributed by atoms with van der Waals surface area (Å²) in [6.45, 7) is 6.14. The van der Waals surface area contributed by atoms with Crippen LogP contribution < -0.4 is 0 Å². The van der Waals surface area contributed by atoms with Gasteiger partial charge in [-0.3, -0.25) is 0 Å². The highest BCUT2D eigenvalue weighted by atomic mass is 16.7. The molecular formula is C11H24O3. The summed E-state index contributed by atoms with van der Waals surface area (Å²) in [5.74, 6) is 0.616. The zero-order chi connectivity index (χ0) is 11.2. The van der Waals surface area contributed by atoms with Gasteiger partial charge in [0.25, 0.3) is 0 Å². The number of hydrogen-bond acceptors (Lipinski definition) is 3. The van der Waals surface area contributed by atoms with Crippen molar-refractivity contribution in [1.29, 1.82) is 0 Å².